The molecule has 0 spiro atoms. The van der Waals surface area contributed by atoms with Crippen LogP contribution in [0, 0.1) is 11.3 Å². The van der Waals surface area contributed by atoms with Crippen LogP contribution in [-0.4, -0.2) is 23.8 Å². The predicted molar refractivity (Wildman–Crippen MR) is 105 cm³/mol. The van der Waals surface area contributed by atoms with Crippen molar-refractivity contribution in [3.05, 3.63) is 66.4 Å². The average molecular weight is 341 g/mol. The maximum Gasteiger partial charge on any atom is 0.186 e. The Morgan fingerprint density at radius 3 is 2.54 bits per heavy atom. The summed E-state index contributed by atoms with van der Waals surface area (Å²) in [4.78, 5) is 6.91. The highest BCUT2D eigenvalue weighted by molar-refractivity contribution is 6.11. The van der Waals surface area contributed by atoms with Gasteiger partial charge in [-0.05, 0) is 49.2 Å². The number of nitrogens with zero attached hydrogens (tertiary/aromatic N) is 4. The molecule has 4 rings (SSSR count). The number of fused-ring (bicyclic) bond motifs is 1. The summed E-state index contributed by atoms with van der Waals surface area (Å²) < 4.78 is 0. The van der Waals surface area contributed by atoms with Gasteiger partial charge in [-0.2, -0.15) is 10.4 Å². The van der Waals surface area contributed by atoms with Crippen LogP contribution in [0.15, 0.2) is 65.8 Å². The van der Waals surface area contributed by atoms with Gasteiger partial charge >= 0.3 is 0 Å². The van der Waals surface area contributed by atoms with E-state index in [0.717, 1.165) is 29.7 Å². The van der Waals surface area contributed by atoms with Crippen LogP contribution in [0.25, 0.3) is 10.9 Å². The topological polar surface area (TPSA) is 64.3 Å². The molecule has 2 aromatic carbocycles. The van der Waals surface area contributed by atoms with E-state index in [1.165, 1.54) is 18.5 Å². The Labute approximate surface area is 152 Å². The molecule has 1 fully saturated rings. The lowest BCUT2D eigenvalue weighted by atomic mass is 10.2. The van der Waals surface area contributed by atoms with Gasteiger partial charge in [0.05, 0.1) is 11.2 Å². The Morgan fingerprint density at radius 2 is 1.77 bits per heavy atom. The molecule has 1 saturated heterocycles. The zero-order valence-corrected chi connectivity index (χ0v) is 14.4. The first-order valence-corrected chi connectivity index (χ1v) is 8.78. The van der Waals surface area contributed by atoms with Gasteiger partial charge in [-0.1, -0.05) is 24.3 Å². The van der Waals surface area contributed by atoms with E-state index in [4.69, 9.17) is 0 Å². The number of nitrogens with one attached hydrogen (secondary N) is 1. The van der Waals surface area contributed by atoms with Crippen molar-refractivity contribution in [3.8, 4) is 6.07 Å². The first kappa shape index (κ1) is 16.1. The monoisotopic (exact) mass is 341 g/mol. The number of para-hydroxylation sites is 1. The first-order valence-electron chi connectivity index (χ1n) is 8.78. The molecule has 5 nitrogen and oxygen atoms in total. The van der Waals surface area contributed by atoms with Crippen molar-refractivity contribution < 1.29 is 0 Å². The van der Waals surface area contributed by atoms with Crippen molar-refractivity contribution in [2.24, 2.45) is 5.10 Å². The van der Waals surface area contributed by atoms with Crippen LogP contribution in [0.5, 0.6) is 0 Å². The van der Waals surface area contributed by atoms with Crippen molar-refractivity contribution in [2.45, 2.75) is 12.8 Å². The molecule has 128 valence electrons. The molecular formula is C21H19N5. The molecule has 5 heteroatoms. The van der Waals surface area contributed by atoms with E-state index in [1.807, 2.05) is 48.5 Å². The summed E-state index contributed by atoms with van der Waals surface area (Å²) in [5.41, 5.74) is 6.72. The lowest BCUT2D eigenvalue weighted by molar-refractivity contribution is 0.949. The minimum atomic E-state index is 0.263. The summed E-state index contributed by atoms with van der Waals surface area (Å²) in [5.74, 6) is 0. The van der Waals surface area contributed by atoms with E-state index in [-0.39, 0.29) is 5.71 Å². The largest absolute Gasteiger partial charge is 0.372 e. The standard InChI is InChI=1S/C21H19N5/c22-15-21(20-12-7-16-5-1-2-6-19(16)23-20)25-24-17-8-10-18(11-9-17)26-13-3-4-14-26/h1-2,5-12,24H,3-4,13-14H2/b25-21+. The highest BCUT2D eigenvalue weighted by Crippen LogP contribution is 2.22. The van der Waals surface area contributed by atoms with E-state index in [0.29, 0.717) is 5.69 Å². The fourth-order valence-electron chi connectivity index (χ4n) is 3.18. The number of aromatic nitrogens is 1. The normalized spacial score (nSPS) is 14.4. The van der Waals surface area contributed by atoms with Crippen molar-refractivity contribution >= 4 is 28.0 Å². The lowest BCUT2D eigenvalue weighted by Crippen LogP contribution is -2.17. The van der Waals surface area contributed by atoms with E-state index in [2.05, 4.69) is 38.6 Å². The maximum atomic E-state index is 9.45. The van der Waals surface area contributed by atoms with Crippen molar-refractivity contribution in [1.29, 1.82) is 5.26 Å². The highest BCUT2D eigenvalue weighted by Gasteiger charge is 2.11. The fraction of sp³-hybridized carbons (Fsp3) is 0.190. The summed E-state index contributed by atoms with van der Waals surface area (Å²) in [6.07, 6.45) is 2.52. The van der Waals surface area contributed by atoms with E-state index in [1.54, 1.807) is 0 Å². The molecule has 0 aliphatic carbocycles. The highest BCUT2D eigenvalue weighted by atomic mass is 15.3. The number of hydrazone groups is 1. The van der Waals surface area contributed by atoms with Crippen LogP contribution in [-0.2, 0) is 0 Å². The van der Waals surface area contributed by atoms with Crippen LogP contribution < -0.4 is 10.3 Å². The van der Waals surface area contributed by atoms with Gasteiger partial charge in [0.1, 0.15) is 11.8 Å². The molecule has 2 heterocycles. The second-order valence-electron chi connectivity index (χ2n) is 6.31. The molecular weight excluding hydrogens is 322 g/mol. The van der Waals surface area contributed by atoms with Crippen LogP contribution in [0.1, 0.15) is 18.5 Å². The van der Waals surface area contributed by atoms with Gasteiger partial charge in [0.2, 0.25) is 0 Å². The van der Waals surface area contributed by atoms with Crippen LogP contribution in [0.4, 0.5) is 11.4 Å². The van der Waals surface area contributed by atoms with Crippen molar-refractivity contribution in [3.63, 3.8) is 0 Å². The molecule has 0 radical (unpaired) electrons. The van der Waals surface area contributed by atoms with Gasteiger partial charge in [0, 0.05) is 24.2 Å². The summed E-state index contributed by atoms with van der Waals surface area (Å²) in [7, 11) is 0. The van der Waals surface area contributed by atoms with Gasteiger partial charge < -0.3 is 4.90 Å². The number of pyridine rings is 1. The molecule has 1 aliphatic rings. The Balaban J connectivity index is 1.52. The summed E-state index contributed by atoms with van der Waals surface area (Å²) in [6, 6.07) is 21.9. The summed E-state index contributed by atoms with van der Waals surface area (Å²) in [5, 5.41) is 14.7. The fourth-order valence-corrected chi connectivity index (χ4v) is 3.18. The number of anilines is 2. The van der Waals surface area contributed by atoms with Gasteiger partial charge in [-0.3, -0.25) is 5.43 Å². The Morgan fingerprint density at radius 1 is 1.00 bits per heavy atom. The van der Waals surface area contributed by atoms with E-state index < -0.39 is 0 Å². The third-order valence-corrected chi connectivity index (χ3v) is 4.58. The molecule has 3 aromatic rings. The minimum Gasteiger partial charge on any atom is -0.372 e. The third kappa shape index (κ3) is 3.35. The van der Waals surface area contributed by atoms with Crippen molar-refractivity contribution in [1.82, 2.24) is 4.98 Å². The maximum absolute atomic E-state index is 9.45. The van der Waals surface area contributed by atoms with E-state index in [9.17, 15) is 5.26 Å². The van der Waals surface area contributed by atoms with Crippen molar-refractivity contribution in [2.75, 3.05) is 23.4 Å². The zero-order chi connectivity index (χ0) is 17.8. The van der Waals surface area contributed by atoms with Gasteiger partial charge in [0.25, 0.3) is 0 Å². The Kier molecular flexibility index (Phi) is 4.48. The molecule has 0 amide bonds. The third-order valence-electron chi connectivity index (χ3n) is 4.58. The zero-order valence-electron chi connectivity index (χ0n) is 14.4. The second kappa shape index (κ2) is 7.24. The van der Waals surface area contributed by atoms with Gasteiger partial charge in [-0.25, -0.2) is 4.98 Å². The number of nitriles is 1. The van der Waals surface area contributed by atoms with Gasteiger partial charge in [-0.15, -0.1) is 0 Å². The van der Waals surface area contributed by atoms with Crippen LogP contribution >= 0.6 is 0 Å². The predicted octanol–water partition coefficient (Wildman–Crippen LogP) is 4.17. The molecule has 1 aliphatic heterocycles. The van der Waals surface area contributed by atoms with Crippen LogP contribution in [0.3, 0.4) is 0 Å². The molecule has 0 atom stereocenters. The Bertz CT molecular complexity index is 979. The smallest absolute Gasteiger partial charge is 0.186 e. The minimum absolute atomic E-state index is 0.263. The number of hydrogen-bond acceptors (Lipinski definition) is 5. The van der Waals surface area contributed by atoms with Crippen LogP contribution in [0.2, 0.25) is 0 Å². The Hall–Kier alpha value is -3.39. The number of rotatable bonds is 4. The molecule has 26 heavy (non-hydrogen) atoms. The SMILES string of the molecule is N#C/C(=N\Nc1ccc(N2CCCC2)cc1)c1ccc2ccccc2n1. The molecule has 0 unspecified atom stereocenters. The second-order valence-corrected chi connectivity index (χ2v) is 6.31. The lowest BCUT2D eigenvalue weighted by Gasteiger charge is -2.17. The van der Waals surface area contributed by atoms with Gasteiger partial charge in [0.15, 0.2) is 5.71 Å². The quantitative estimate of drug-likeness (QED) is 0.571. The number of hydrogen-bond donors (Lipinski definition) is 1. The van der Waals surface area contributed by atoms with E-state index >= 15 is 0 Å². The number of benzene rings is 2. The molecule has 1 N–H and O–H groups in total. The summed E-state index contributed by atoms with van der Waals surface area (Å²) in [6.45, 7) is 2.24. The molecule has 0 saturated carbocycles. The molecule has 0 bridgehead atoms. The summed E-state index contributed by atoms with van der Waals surface area (Å²) >= 11 is 0. The first-order chi connectivity index (χ1) is 12.8. The average Bonchev–Trinajstić information content (AvgIpc) is 3.24. The molecule has 1 aromatic heterocycles.